The van der Waals surface area contributed by atoms with Crippen molar-refractivity contribution in [1.29, 1.82) is 0 Å². The maximum Gasteiger partial charge on any atom is 0.253 e. The van der Waals surface area contributed by atoms with E-state index in [1.807, 2.05) is 45.0 Å². The van der Waals surface area contributed by atoms with Crippen molar-refractivity contribution in [3.05, 3.63) is 35.9 Å². The monoisotopic (exact) mass is 397 g/mol. The van der Waals surface area contributed by atoms with Crippen LogP contribution in [0.25, 0.3) is 0 Å². The largest absolute Gasteiger partial charge is 0.340 e. The third kappa shape index (κ3) is 4.46. The van der Waals surface area contributed by atoms with E-state index in [9.17, 15) is 14.4 Å². The van der Waals surface area contributed by atoms with Gasteiger partial charge in [0.25, 0.3) is 5.91 Å². The molecule has 0 aromatic heterocycles. The highest BCUT2D eigenvalue weighted by atomic mass is 16.2. The zero-order valence-corrected chi connectivity index (χ0v) is 17.1. The van der Waals surface area contributed by atoms with Gasteiger partial charge in [-0.05, 0) is 50.7 Å². The van der Waals surface area contributed by atoms with E-state index < -0.39 is 0 Å². The summed E-state index contributed by atoms with van der Waals surface area (Å²) in [6, 6.07) is 9.53. The van der Waals surface area contributed by atoms with Crippen LogP contribution in [0.4, 0.5) is 0 Å². The lowest BCUT2D eigenvalue weighted by atomic mass is 9.93. The lowest BCUT2D eigenvalue weighted by molar-refractivity contribution is -0.144. The van der Waals surface area contributed by atoms with E-state index in [1.54, 1.807) is 0 Å². The first-order valence-corrected chi connectivity index (χ1v) is 11.1. The second kappa shape index (κ2) is 8.97. The molecule has 3 aliphatic heterocycles. The molecule has 4 rings (SSSR count). The fourth-order valence-corrected chi connectivity index (χ4v) is 4.97. The van der Waals surface area contributed by atoms with Crippen LogP contribution in [0, 0.1) is 5.92 Å². The smallest absolute Gasteiger partial charge is 0.253 e. The topological polar surface area (TPSA) is 60.9 Å². The van der Waals surface area contributed by atoms with Gasteiger partial charge in [0.05, 0.1) is 0 Å². The van der Waals surface area contributed by atoms with Crippen molar-refractivity contribution in [2.24, 2.45) is 5.92 Å². The van der Waals surface area contributed by atoms with E-state index >= 15 is 0 Å². The van der Waals surface area contributed by atoms with Gasteiger partial charge in [0.15, 0.2) is 0 Å². The lowest BCUT2D eigenvalue weighted by Crippen LogP contribution is -2.54. The Morgan fingerprint density at radius 1 is 0.828 bits per heavy atom. The number of benzene rings is 1. The zero-order chi connectivity index (χ0) is 20.2. The normalized spacial score (nSPS) is 23.9. The minimum atomic E-state index is -0.00868. The van der Waals surface area contributed by atoms with Crippen molar-refractivity contribution >= 4 is 17.7 Å². The molecule has 1 unspecified atom stereocenters. The number of amides is 3. The quantitative estimate of drug-likeness (QED) is 0.788. The van der Waals surface area contributed by atoms with Crippen LogP contribution >= 0.6 is 0 Å². The summed E-state index contributed by atoms with van der Waals surface area (Å²) in [5.74, 6) is 0.512. The van der Waals surface area contributed by atoms with E-state index in [0.717, 1.165) is 51.6 Å². The second-order valence-electron chi connectivity index (χ2n) is 8.56. The first-order chi connectivity index (χ1) is 14.1. The standard InChI is InChI=1S/C23H31N3O3/c27-21-10-4-5-14-26(21)20-9-6-13-25(17-20)23(29)19-11-15-24(16-12-19)22(28)18-7-2-1-3-8-18/h1-3,7-8,19-20H,4-6,9-17H2. The minimum absolute atomic E-state index is 0.00868. The SMILES string of the molecule is O=C(c1ccccc1)N1CCC(C(=O)N2CCCC(N3CCCCC3=O)C2)CC1. The molecule has 0 aliphatic carbocycles. The van der Waals surface area contributed by atoms with Gasteiger partial charge in [-0.25, -0.2) is 0 Å². The van der Waals surface area contributed by atoms with Crippen LogP contribution in [0.3, 0.4) is 0 Å². The van der Waals surface area contributed by atoms with Crippen LogP contribution in [0.2, 0.25) is 0 Å². The number of carbonyl (C=O) groups is 3. The van der Waals surface area contributed by atoms with Crippen molar-refractivity contribution < 1.29 is 14.4 Å². The third-order valence-corrected chi connectivity index (χ3v) is 6.66. The Labute approximate surface area is 172 Å². The van der Waals surface area contributed by atoms with E-state index in [4.69, 9.17) is 0 Å². The van der Waals surface area contributed by atoms with Gasteiger partial charge in [-0.1, -0.05) is 18.2 Å². The second-order valence-corrected chi connectivity index (χ2v) is 8.56. The highest BCUT2D eigenvalue weighted by molar-refractivity contribution is 5.94. The van der Waals surface area contributed by atoms with Gasteiger partial charge < -0.3 is 14.7 Å². The van der Waals surface area contributed by atoms with Gasteiger partial charge in [0.1, 0.15) is 0 Å². The Kier molecular flexibility index (Phi) is 6.16. The summed E-state index contributed by atoms with van der Waals surface area (Å²) in [5, 5.41) is 0. The van der Waals surface area contributed by atoms with Crippen molar-refractivity contribution in [3.8, 4) is 0 Å². The van der Waals surface area contributed by atoms with Gasteiger partial charge in [-0.3, -0.25) is 14.4 Å². The van der Waals surface area contributed by atoms with Crippen LogP contribution < -0.4 is 0 Å². The Morgan fingerprint density at radius 3 is 2.31 bits per heavy atom. The number of carbonyl (C=O) groups excluding carboxylic acids is 3. The highest BCUT2D eigenvalue weighted by Gasteiger charge is 2.35. The van der Waals surface area contributed by atoms with Crippen molar-refractivity contribution in [2.45, 2.75) is 51.0 Å². The molecule has 1 atom stereocenters. The molecule has 6 heteroatoms. The Morgan fingerprint density at radius 2 is 1.59 bits per heavy atom. The molecule has 3 saturated heterocycles. The Bertz CT molecular complexity index is 743. The molecule has 0 spiro atoms. The van der Waals surface area contributed by atoms with Crippen LogP contribution in [0.1, 0.15) is 55.3 Å². The van der Waals surface area contributed by atoms with E-state index in [-0.39, 0.29) is 29.7 Å². The number of hydrogen-bond donors (Lipinski definition) is 0. The van der Waals surface area contributed by atoms with Crippen LogP contribution in [-0.2, 0) is 9.59 Å². The average Bonchev–Trinajstić information content (AvgIpc) is 2.79. The van der Waals surface area contributed by atoms with Crippen molar-refractivity contribution in [1.82, 2.24) is 14.7 Å². The first kappa shape index (κ1) is 19.9. The molecule has 0 saturated carbocycles. The summed E-state index contributed by atoms with van der Waals surface area (Å²) >= 11 is 0. The lowest BCUT2D eigenvalue weighted by Gasteiger charge is -2.42. The fraction of sp³-hybridized carbons (Fsp3) is 0.609. The van der Waals surface area contributed by atoms with Crippen LogP contribution in [0.5, 0.6) is 0 Å². The maximum absolute atomic E-state index is 13.1. The summed E-state index contributed by atoms with van der Waals surface area (Å²) in [7, 11) is 0. The molecular weight excluding hydrogens is 366 g/mol. The number of piperidine rings is 3. The number of likely N-dealkylation sites (tertiary alicyclic amines) is 3. The van der Waals surface area contributed by atoms with E-state index in [2.05, 4.69) is 0 Å². The first-order valence-electron chi connectivity index (χ1n) is 11.1. The van der Waals surface area contributed by atoms with Gasteiger partial charge in [0, 0.05) is 56.7 Å². The summed E-state index contributed by atoms with van der Waals surface area (Å²) < 4.78 is 0. The highest BCUT2D eigenvalue weighted by Crippen LogP contribution is 2.26. The molecule has 1 aromatic rings. The molecule has 0 bridgehead atoms. The van der Waals surface area contributed by atoms with Gasteiger partial charge in [0.2, 0.25) is 11.8 Å². The predicted molar refractivity (Wildman–Crippen MR) is 110 cm³/mol. The third-order valence-electron chi connectivity index (χ3n) is 6.66. The maximum atomic E-state index is 13.1. The summed E-state index contributed by atoms with van der Waals surface area (Å²) in [6.45, 7) is 3.57. The summed E-state index contributed by atoms with van der Waals surface area (Å²) in [6.07, 6.45) is 6.13. The molecule has 3 amide bonds. The van der Waals surface area contributed by atoms with Crippen molar-refractivity contribution in [2.75, 3.05) is 32.7 Å². The van der Waals surface area contributed by atoms with Gasteiger partial charge >= 0.3 is 0 Å². The molecule has 156 valence electrons. The van der Waals surface area contributed by atoms with E-state index in [0.29, 0.717) is 31.6 Å². The average molecular weight is 398 g/mol. The fourth-order valence-electron chi connectivity index (χ4n) is 4.97. The number of nitrogens with zero attached hydrogens (tertiary/aromatic N) is 3. The Hall–Kier alpha value is -2.37. The summed E-state index contributed by atoms with van der Waals surface area (Å²) in [5.41, 5.74) is 0.711. The minimum Gasteiger partial charge on any atom is -0.340 e. The molecule has 29 heavy (non-hydrogen) atoms. The Balaban J connectivity index is 1.31. The molecule has 6 nitrogen and oxygen atoms in total. The van der Waals surface area contributed by atoms with Gasteiger partial charge in [-0.15, -0.1) is 0 Å². The van der Waals surface area contributed by atoms with Gasteiger partial charge in [-0.2, -0.15) is 0 Å². The number of hydrogen-bond acceptors (Lipinski definition) is 3. The molecular formula is C23H31N3O3. The summed E-state index contributed by atoms with van der Waals surface area (Å²) in [4.78, 5) is 43.9. The zero-order valence-electron chi connectivity index (χ0n) is 17.1. The number of rotatable bonds is 3. The molecule has 3 heterocycles. The van der Waals surface area contributed by atoms with Crippen molar-refractivity contribution in [3.63, 3.8) is 0 Å². The van der Waals surface area contributed by atoms with Crippen LogP contribution in [0.15, 0.2) is 30.3 Å². The molecule has 3 aliphatic rings. The molecule has 3 fully saturated rings. The predicted octanol–water partition coefficient (Wildman–Crippen LogP) is 2.54. The van der Waals surface area contributed by atoms with E-state index in [1.165, 1.54) is 0 Å². The molecule has 0 N–H and O–H groups in total. The van der Waals surface area contributed by atoms with Crippen LogP contribution in [-0.4, -0.2) is 71.2 Å². The molecule has 1 aromatic carbocycles. The molecule has 0 radical (unpaired) electrons.